The van der Waals surface area contributed by atoms with Crippen molar-refractivity contribution in [2.45, 2.75) is 45.8 Å². The predicted octanol–water partition coefficient (Wildman–Crippen LogP) is -2.33. The molecule has 1 radical (unpaired) electrons. The van der Waals surface area contributed by atoms with Gasteiger partial charge in [0.1, 0.15) is 0 Å². The maximum absolute atomic E-state index is 6.94. The number of halogens is 2. The molecular weight excluding hydrogens is 293 g/mol. The minimum absolute atomic E-state index is 0. The van der Waals surface area contributed by atoms with Crippen LogP contribution >= 0.6 is 0 Å². The molecule has 0 aromatic heterocycles. The van der Waals surface area contributed by atoms with Crippen molar-refractivity contribution in [2.75, 3.05) is 0 Å². The summed E-state index contributed by atoms with van der Waals surface area (Å²) in [6.07, 6.45) is 10.0. The second-order valence-corrected chi connectivity index (χ2v) is 4.99. The van der Waals surface area contributed by atoms with Gasteiger partial charge in [-0.05, 0) is 0 Å². The van der Waals surface area contributed by atoms with Crippen LogP contribution in [0, 0.1) is 6.08 Å². The fourth-order valence-corrected chi connectivity index (χ4v) is 0.340. The van der Waals surface area contributed by atoms with Crippen LogP contribution in [0.25, 0.3) is 5.73 Å². The Morgan fingerprint density at radius 3 is 1.56 bits per heavy atom. The molecule has 0 aromatic carbocycles. The van der Waals surface area contributed by atoms with Gasteiger partial charge in [-0.3, -0.25) is 6.08 Å². The van der Waals surface area contributed by atoms with E-state index >= 15 is 0 Å². The summed E-state index contributed by atoms with van der Waals surface area (Å²) < 4.78 is 0. The molecule has 0 fully saturated rings. The van der Waals surface area contributed by atoms with Gasteiger partial charge in [0.25, 0.3) is 0 Å². The molecule has 16 heavy (non-hydrogen) atoms. The summed E-state index contributed by atoms with van der Waals surface area (Å²) in [6, 6.07) is 0. The van der Waals surface area contributed by atoms with Crippen LogP contribution in [0.2, 0.25) is 13.1 Å². The van der Waals surface area contributed by atoms with E-state index in [-0.39, 0.29) is 52.1 Å². The van der Waals surface area contributed by atoms with Crippen molar-refractivity contribution in [3.05, 3.63) is 30.0 Å². The molecule has 0 aliphatic heterocycles. The Balaban J connectivity index is -0.0000000356. The van der Waals surface area contributed by atoms with Crippen molar-refractivity contribution >= 4 is 9.52 Å². The van der Waals surface area contributed by atoms with Crippen molar-refractivity contribution in [3.63, 3.8) is 0 Å². The quantitative estimate of drug-likeness (QED) is 0.354. The third-order valence-corrected chi connectivity index (χ3v) is 0.586. The molecule has 0 spiro atoms. The number of nitrogens with one attached hydrogen (secondary N) is 1. The fourth-order valence-electron chi connectivity index (χ4n) is 0.340. The predicted molar refractivity (Wildman–Crippen MR) is 64.5 cm³/mol. The summed E-state index contributed by atoms with van der Waals surface area (Å²) in [5.41, 5.74) is 6.69. The van der Waals surface area contributed by atoms with Crippen LogP contribution in [0.3, 0.4) is 0 Å². The largest absolute Gasteiger partial charge is 4.00 e. The second-order valence-electron chi connectivity index (χ2n) is 3.83. The van der Waals surface area contributed by atoms with Crippen LogP contribution < -0.4 is 24.8 Å². The minimum Gasteiger partial charge on any atom is -1.00 e. The molecule has 0 atom stereocenters. The number of rotatable bonds is 0. The Morgan fingerprint density at radius 1 is 1.19 bits per heavy atom. The summed E-state index contributed by atoms with van der Waals surface area (Å²) in [6.45, 7) is 9.98. The molecule has 0 saturated heterocycles. The van der Waals surface area contributed by atoms with Gasteiger partial charge in [0.05, 0.1) is 0 Å². The summed E-state index contributed by atoms with van der Waals surface area (Å²) in [5.74, 6) is 0. The van der Waals surface area contributed by atoms with Crippen LogP contribution in [-0.4, -0.2) is 15.1 Å². The van der Waals surface area contributed by atoms with Crippen LogP contribution in [-0.2, 0) is 21.7 Å². The maximum Gasteiger partial charge on any atom is 4.00 e. The Morgan fingerprint density at radius 2 is 1.50 bits per heavy atom. The molecule has 0 heterocycles. The molecule has 0 saturated carbocycles. The van der Waals surface area contributed by atoms with Gasteiger partial charge in [-0.15, -0.1) is 12.0 Å². The van der Waals surface area contributed by atoms with Crippen molar-refractivity contribution in [1.29, 1.82) is 0 Å². The standard InChI is InChI=1S/C5H5.C4H10N.C2H7Si.2ClH.Ti/c1-2-4-5-3-1;1-4(2,3)5;1-3-2;;;/h1-3H,4H2;5H,1-3H3;3H,1-2H3;2*1H;/q2*-1;;;;+4/p-2. The zero-order valence-corrected chi connectivity index (χ0v) is 15.0. The zero-order valence-electron chi connectivity index (χ0n) is 10.8. The first-order valence-electron chi connectivity index (χ1n) is 4.62. The molecule has 1 aliphatic carbocycles. The summed E-state index contributed by atoms with van der Waals surface area (Å²) >= 11 is 0. The van der Waals surface area contributed by atoms with E-state index in [0.717, 1.165) is 15.9 Å². The van der Waals surface area contributed by atoms with Gasteiger partial charge in [-0.25, -0.2) is 12.2 Å². The SMILES string of the molecule is CC(C)(C)[NH-].C[SiH]C.[C-]1=CC=CC1.[Cl-].[Cl-].[Ti+4]. The van der Waals surface area contributed by atoms with Crippen molar-refractivity contribution in [3.8, 4) is 0 Å². The summed E-state index contributed by atoms with van der Waals surface area (Å²) in [4.78, 5) is 0. The molecule has 0 bridgehead atoms. The monoisotopic (exact) mass is 314 g/mol. The Bertz CT molecular complexity index is 141. The van der Waals surface area contributed by atoms with E-state index < -0.39 is 0 Å². The van der Waals surface area contributed by atoms with Gasteiger partial charge in [-0.1, -0.05) is 33.9 Å². The molecule has 1 N–H and O–H groups in total. The molecule has 1 aliphatic rings. The number of hydrogen-bond acceptors (Lipinski definition) is 0. The average Bonchev–Trinajstić information content (AvgIpc) is 2.36. The van der Waals surface area contributed by atoms with E-state index in [1.165, 1.54) is 0 Å². The first-order chi connectivity index (χ1) is 5.91. The normalized spacial score (nSPS) is 10.4. The van der Waals surface area contributed by atoms with E-state index in [2.05, 4.69) is 25.2 Å². The molecular formula is C11H22Cl2NSiTi. The van der Waals surface area contributed by atoms with Crippen molar-refractivity contribution in [2.24, 2.45) is 0 Å². The Hall–Kier alpha value is 0.951. The molecule has 0 amide bonds. The molecule has 1 rings (SSSR count). The first kappa shape index (κ1) is 30.2. The van der Waals surface area contributed by atoms with Crippen LogP contribution in [0.1, 0.15) is 27.2 Å². The number of allylic oxidation sites excluding steroid dienone is 4. The average molecular weight is 315 g/mol. The van der Waals surface area contributed by atoms with Gasteiger partial charge in [0.2, 0.25) is 0 Å². The molecule has 93 valence electrons. The van der Waals surface area contributed by atoms with Gasteiger partial charge in [-0.2, -0.15) is 6.08 Å². The molecule has 0 unspecified atom stereocenters. The van der Waals surface area contributed by atoms with E-state index in [9.17, 15) is 0 Å². The third-order valence-electron chi connectivity index (χ3n) is 0.586. The van der Waals surface area contributed by atoms with Crippen molar-refractivity contribution < 1.29 is 46.5 Å². The van der Waals surface area contributed by atoms with Crippen molar-refractivity contribution in [1.82, 2.24) is 0 Å². The summed E-state index contributed by atoms with van der Waals surface area (Å²) in [7, 11) is 0.750. The zero-order chi connectivity index (χ0) is 10.7. The van der Waals surface area contributed by atoms with Gasteiger partial charge in [0, 0.05) is 9.52 Å². The topological polar surface area (TPSA) is 23.8 Å². The molecule has 5 heteroatoms. The Labute approximate surface area is 131 Å². The van der Waals surface area contributed by atoms with E-state index in [4.69, 9.17) is 5.73 Å². The summed E-state index contributed by atoms with van der Waals surface area (Å²) in [5, 5.41) is 0. The molecule has 0 aromatic rings. The third kappa shape index (κ3) is 82.2. The van der Waals surface area contributed by atoms with Crippen LogP contribution in [0.15, 0.2) is 18.2 Å². The van der Waals surface area contributed by atoms with Gasteiger partial charge in [0.15, 0.2) is 0 Å². The second kappa shape index (κ2) is 21.3. The first-order valence-corrected chi connectivity index (χ1v) is 6.93. The number of hydrogen-bond donors (Lipinski definition) is 0. The molecule has 1 nitrogen and oxygen atoms in total. The van der Waals surface area contributed by atoms with E-state index in [1.54, 1.807) is 0 Å². The van der Waals surface area contributed by atoms with E-state index in [1.807, 2.05) is 32.9 Å². The minimum atomic E-state index is -0.250. The fraction of sp³-hybridized carbons (Fsp3) is 0.636. The van der Waals surface area contributed by atoms with Crippen LogP contribution in [0.4, 0.5) is 0 Å². The van der Waals surface area contributed by atoms with Gasteiger partial charge < -0.3 is 30.5 Å². The smallest absolute Gasteiger partial charge is 1.00 e. The Kier molecular flexibility index (Phi) is 40.1. The van der Waals surface area contributed by atoms with Crippen LogP contribution in [0.5, 0.6) is 0 Å². The van der Waals surface area contributed by atoms with Gasteiger partial charge >= 0.3 is 21.7 Å². The maximum atomic E-state index is 6.94. The van der Waals surface area contributed by atoms with E-state index in [0.29, 0.717) is 0 Å².